The summed E-state index contributed by atoms with van der Waals surface area (Å²) >= 11 is 5.82. The van der Waals surface area contributed by atoms with Crippen LogP contribution in [-0.4, -0.2) is 10.9 Å². The van der Waals surface area contributed by atoms with E-state index in [9.17, 15) is 4.79 Å². The smallest absolute Gasteiger partial charge is 0.192 e. The number of halogens is 1. The molecule has 0 atom stereocenters. The van der Waals surface area contributed by atoms with Gasteiger partial charge in [-0.1, -0.05) is 11.6 Å². The van der Waals surface area contributed by atoms with Gasteiger partial charge in [-0.25, -0.2) is 0 Å². The quantitative estimate of drug-likeness (QED) is 0.526. The Kier molecular flexibility index (Phi) is 2.30. The predicted octanol–water partition coefficient (Wildman–Crippen LogP) is 2.91. The summed E-state index contributed by atoms with van der Waals surface area (Å²) in [5.41, 5.74) is 2.09. The highest BCUT2D eigenvalue weighted by Gasteiger charge is 2.21. The second-order valence-electron chi connectivity index (χ2n) is 3.28. The van der Waals surface area contributed by atoms with E-state index in [-0.39, 0.29) is 5.78 Å². The summed E-state index contributed by atoms with van der Waals surface area (Å²) in [5, 5.41) is 9.48. The van der Waals surface area contributed by atoms with Crippen molar-refractivity contribution in [2.45, 2.75) is 12.8 Å². The molecular formula is C11H9ClO2. The van der Waals surface area contributed by atoms with Crippen molar-refractivity contribution in [2.75, 3.05) is 0 Å². The average molecular weight is 209 g/mol. The molecule has 0 aromatic heterocycles. The lowest BCUT2D eigenvalue weighted by Crippen LogP contribution is -2.13. The molecule has 1 N–H and O–H groups in total. The number of hydrogen-bond donors (Lipinski definition) is 1. The highest BCUT2D eigenvalue weighted by atomic mass is 35.5. The topological polar surface area (TPSA) is 37.3 Å². The van der Waals surface area contributed by atoms with Gasteiger partial charge in [-0.05, 0) is 36.6 Å². The van der Waals surface area contributed by atoms with Gasteiger partial charge in [0.25, 0.3) is 0 Å². The van der Waals surface area contributed by atoms with Crippen LogP contribution in [0.4, 0.5) is 0 Å². The van der Waals surface area contributed by atoms with Crippen molar-refractivity contribution in [2.24, 2.45) is 0 Å². The van der Waals surface area contributed by atoms with E-state index in [1.54, 1.807) is 12.1 Å². The van der Waals surface area contributed by atoms with Crippen molar-refractivity contribution < 1.29 is 9.90 Å². The van der Waals surface area contributed by atoms with Crippen LogP contribution in [0.1, 0.15) is 22.3 Å². The molecule has 14 heavy (non-hydrogen) atoms. The van der Waals surface area contributed by atoms with E-state index < -0.39 is 0 Å². The molecule has 0 fully saturated rings. The van der Waals surface area contributed by atoms with Crippen LogP contribution in [0.15, 0.2) is 30.0 Å². The lowest BCUT2D eigenvalue weighted by molar-refractivity contribution is 0.102. The van der Waals surface area contributed by atoms with Gasteiger partial charge < -0.3 is 5.11 Å². The Morgan fingerprint density at radius 1 is 1.36 bits per heavy atom. The van der Waals surface area contributed by atoms with Crippen LogP contribution in [0.2, 0.25) is 5.02 Å². The zero-order valence-electron chi connectivity index (χ0n) is 7.46. The summed E-state index contributed by atoms with van der Waals surface area (Å²) in [6.45, 7) is 0. The molecule has 2 rings (SSSR count). The van der Waals surface area contributed by atoms with Gasteiger partial charge in [0.1, 0.15) is 0 Å². The first kappa shape index (κ1) is 9.28. The lowest BCUT2D eigenvalue weighted by Gasteiger charge is -2.16. The fraction of sp³-hybridized carbons (Fsp3) is 0.182. The standard InChI is InChI=1S/C11H9ClO2/c12-9-3-4-10-7(5-9)1-2-8(6-13)11(10)14/h3-6,13H,1-2H2/b8-6+. The van der Waals surface area contributed by atoms with Gasteiger partial charge in [0.15, 0.2) is 5.78 Å². The highest BCUT2D eigenvalue weighted by Crippen LogP contribution is 2.26. The third-order valence-electron chi connectivity index (χ3n) is 2.42. The van der Waals surface area contributed by atoms with E-state index in [0.717, 1.165) is 18.2 Å². The Morgan fingerprint density at radius 3 is 2.86 bits per heavy atom. The monoisotopic (exact) mass is 208 g/mol. The molecule has 2 nitrogen and oxygen atoms in total. The van der Waals surface area contributed by atoms with Crippen molar-refractivity contribution in [3.63, 3.8) is 0 Å². The van der Waals surface area contributed by atoms with Gasteiger partial charge >= 0.3 is 0 Å². The molecule has 0 saturated carbocycles. The second-order valence-corrected chi connectivity index (χ2v) is 3.72. The van der Waals surface area contributed by atoms with Crippen LogP contribution in [0, 0.1) is 0 Å². The Labute approximate surface area is 86.8 Å². The molecule has 3 heteroatoms. The number of carbonyl (C=O) groups excluding carboxylic acids is 1. The van der Waals surface area contributed by atoms with Crippen LogP contribution in [0.3, 0.4) is 0 Å². The maximum Gasteiger partial charge on any atom is 0.192 e. The molecule has 0 saturated heterocycles. The molecular weight excluding hydrogens is 200 g/mol. The van der Waals surface area contributed by atoms with Crippen molar-refractivity contribution in [1.82, 2.24) is 0 Å². The summed E-state index contributed by atoms with van der Waals surface area (Å²) in [4.78, 5) is 11.7. The number of aryl methyl sites for hydroxylation is 1. The van der Waals surface area contributed by atoms with E-state index in [1.807, 2.05) is 6.07 Å². The van der Waals surface area contributed by atoms with E-state index in [4.69, 9.17) is 16.7 Å². The molecule has 1 aromatic rings. The van der Waals surface area contributed by atoms with Crippen LogP contribution in [0.25, 0.3) is 0 Å². The number of allylic oxidation sites excluding steroid dienone is 1. The first-order chi connectivity index (χ1) is 6.72. The first-order valence-corrected chi connectivity index (χ1v) is 4.76. The SMILES string of the molecule is O=C1/C(=C/O)CCc2cc(Cl)ccc21. The second kappa shape index (κ2) is 3.46. The first-order valence-electron chi connectivity index (χ1n) is 4.39. The van der Waals surface area contributed by atoms with Crippen molar-refractivity contribution in [1.29, 1.82) is 0 Å². The summed E-state index contributed by atoms with van der Waals surface area (Å²) in [6.07, 6.45) is 2.25. The van der Waals surface area contributed by atoms with Gasteiger partial charge in [-0.15, -0.1) is 0 Å². The summed E-state index contributed by atoms with van der Waals surface area (Å²) in [7, 11) is 0. The number of carbonyl (C=O) groups is 1. The maximum absolute atomic E-state index is 11.7. The molecule has 72 valence electrons. The number of Topliss-reactive ketones (excluding diaryl/α,β-unsaturated/α-hetero) is 1. The predicted molar refractivity (Wildman–Crippen MR) is 54.8 cm³/mol. The molecule has 0 heterocycles. The maximum atomic E-state index is 11.7. The Hall–Kier alpha value is -1.28. The minimum atomic E-state index is -0.0922. The van der Waals surface area contributed by atoms with Gasteiger partial charge in [0.2, 0.25) is 0 Å². The van der Waals surface area contributed by atoms with Gasteiger partial charge in [0, 0.05) is 16.2 Å². The van der Waals surface area contributed by atoms with E-state index in [2.05, 4.69) is 0 Å². The van der Waals surface area contributed by atoms with Gasteiger partial charge in [-0.2, -0.15) is 0 Å². The third kappa shape index (κ3) is 1.42. The zero-order valence-corrected chi connectivity index (χ0v) is 8.21. The largest absolute Gasteiger partial charge is 0.515 e. The van der Waals surface area contributed by atoms with E-state index >= 15 is 0 Å². The van der Waals surface area contributed by atoms with Crippen molar-refractivity contribution in [3.8, 4) is 0 Å². The minimum absolute atomic E-state index is 0.0922. The molecule has 0 unspecified atom stereocenters. The van der Waals surface area contributed by atoms with Crippen LogP contribution in [-0.2, 0) is 6.42 Å². The fourth-order valence-corrected chi connectivity index (χ4v) is 1.86. The molecule has 1 aliphatic rings. The molecule has 0 aliphatic heterocycles. The number of ketones is 1. The van der Waals surface area contributed by atoms with E-state index in [1.165, 1.54) is 0 Å². The molecule has 0 bridgehead atoms. The lowest BCUT2D eigenvalue weighted by atomic mass is 9.87. The molecule has 0 radical (unpaired) electrons. The Balaban J connectivity index is 2.52. The fourth-order valence-electron chi connectivity index (χ4n) is 1.67. The normalized spacial score (nSPS) is 18.4. The molecule has 0 spiro atoms. The number of aliphatic hydroxyl groups is 1. The Bertz CT molecular complexity index is 421. The number of rotatable bonds is 0. The van der Waals surface area contributed by atoms with Crippen LogP contribution in [0.5, 0.6) is 0 Å². The van der Waals surface area contributed by atoms with E-state index in [0.29, 0.717) is 22.6 Å². The number of fused-ring (bicyclic) bond motifs is 1. The Morgan fingerprint density at radius 2 is 2.14 bits per heavy atom. The summed E-state index contributed by atoms with van der Waals surface area (Å²) in [6, 6.07) is 5.21. The zero-order chi connectivity index (χ0) is 10.1. The third-order valence-corrected chi connectivity index (χ3v) is 2.66. The number of aliphatic hydroxyl groups excluding tert-OH is 1. The summed E-state index contributed by atoms with van der Waals surface area (Å²) < 4.78 is 0. The van der Waals surface area contributed by atoms with Crippen LogP contribution >= 0.6 is 11.6 Å². The van der Waals surface area contributed by atoms with Gasteiger partial charge in [-0.3, -0.25) is 4.79 Å². The van der Waals surface area contributed by atoms with Gasteiger partial charge in [0.05, 0.1) is 6.26 Å². The van der Waals surface area contributed by atoms with Crippen LogP contribution < -0.4 is 0 Å². The molecule has 0 amide bonds. The minimum Gasteiger partial charge on any atom is -0.515 e. The average Bonchev–Trinajstić information content (AvgIpc) is 2.18. The summed E-state index contributed by atoms with van der Waals surface area (Å²) in [5.74, 6) is -0.0922. The molecule has 1 aliphatic carbocycles. The molecule has 1 aromatic carbocycles. The van der Waals surface area contributed by atoms with Crippen molar-refractivity contribution >= 4 is 17.4 Å². The highest BCUT2D eigenvalue weighted by molar-refractivity contribution is 6.30. The number of hydrogen-bond acceptors (Lipinski definition) is 2. The number of benzene rings is 1. The van der Waals surface area contributed by atoms with Crippen molar-refractivity contribution in [3.05, 3.63) is 46.2 Å².